The third-order valence-corrected chi connectivity index (χ3v) is 5.11. The summed E-state index contributed by atoms with van der Waals surface area (Å²) in [6.07, 6.45) is 9.55. The van der Waals surface area contributed by atoms with Crippen LogP contribution in [0.25, 0.3) is 5.52 Å². The summed E-state index contributed by atoms with van der Waals surface area (Å²) in [5.74, 6) is 0.373. The van der Waals surface area contributed by atoms with Crippen LogP contribution in [0.2, 0.25) is 10.0 Å². The molecule has 1 saturated carbocycles. The molecule has 2 aromatic heterocycles. The van der Waals surface area contributed by atoms with Crippen LogP contribution >= 0.6 is 23.2 Å². The molecular weight excluding hydrogens is 295 g/mol. The SMILES string of the molecule is O[C@@H](Cc1c(Cl)c(Cl)cc2cncn12)C1CCCCC1. The van der Waals surface area contributed by atoms with E-state index in [0.29, 0.717) is 22.4 Å². The molecule has 0 aliphatic heterocycles. The predicted octanol–water partition coefficient (Wildman–Crippen LogP) is 4.12. The maximum atomic E-state index is 10.5. The molecule has 1 atom stereocenters. The van der Waals surface area contributed by atoms with Crippen LogP contribution in [-0.2, 0) is 6.42 Å². The van der Waals surface area contributed by atoms with E-state index < -0.39 is 0 Å². The second-order valence-corrected chi connectivity index (χ2v) is 6.40. The normalized spacial score (nSPS) is 18.6. The summed E-state index contributed by atoms with van der Waals surface area (Å²) < 4.78 is 1.92. The summed E-state index contributed by atoms with van der Waals surface area (Å²) in [7, 11) is 0. The van der Waals surface area contributed by atoms with E-state index in [1.54, 1.807) is 18.6 Å². The van der Waals surface area contributed by atoms with Gasteiger partial charge in [-0.25, -0.2) is 4.98 Å². The van der Waals surface area contributed by atoms with Gasteiger partial charge in [0.2, 0.25) is 0 Å². The van der Waals surface area contributed by atoms with Gasteiger partial charge in [-0.1, -0.05) is 42.5 Å². The van der Waals surface area contributed by atoms with Gasteiger partial charge in [0.1, 0.15) is 0 Å². The fraction of sp³-hybridized carbons (Fsp3) is 0.533. The molecule has 0 amide bonds. The summed E-state index contributed by atoms with van der Waals surface area (Å²) in [5.41, 5.74) is 1.76. The number of fused-ring (bicyclic) bond motifs is 1. The van der Waals surface area contributed by atoms with Crippen LogP contribution in [0.3, 0.4) is 0 Å². The van der Waals surface area contributed by atoms with Crippen LogP contribution < -0.4 is 0 Å². The van der Waals surface area contributed by atoms with E-state index in [1.165, 1.54) is 19.3 Å². The molecule has 3 rings (SSSR count). The Kier molecular flexibility index (Phi) is 4.20. The van der Waals surface area contributed by atoms with Crippen molar-refractivity contribution in [1.82, 2.24) is 9.38 Å². The number of aromatic nitrogens is 2. The first kappa shape index (κ1) is 14.2. The van der Waals surface area contributed by atoms with Gasteiger partial charge in [0.25, 0.3) is 0 Å². The predicted molar refractivity (Wildman–Crippen MR) is 81.5 cm³/mol. The molecule has 2 heterocycles. The second-order valence-electron chi connectivity index (χ2n) is 5.61. The van der Waals surface area contributed by atoms with E-state index in [9.17, 15) is 5.11 Å². The van der Waals surface area contributed by atoms with E-state index in [1.807, 2.05) is 4.40 Å². The average molecular weight is 313 g/mol. The molecule has 20 heavy (non-hydrogen) atoms. The van der Waals surface area contributed by atoms with Gasteiger partial charge in [-0.2, -0.15) is 0 Å². The molecule has 0 saturated heterocycles. The minimum atomic E-state index is -0.364. The summed E-state index contributed by atoms with van der Waals surface area (Å²) in [6.45, 7) is 0. The molecule has 0 aromatic carbocycles. The number of halogens is 2. The number of hydrogen-bond donors (Lipinski definition) is 1. The molecular formula is C15H18Cl2N2O. The van der Waals surface area contributed by atoms with Crippen molar-refractivity contribution >= 4 is 28.7 Å². The highest BCUT2D eigenvalue weighted by molar-refractivity contribution is 6.42. The van der Waals surface area contributed by atoms with Gasteiger partial charge in [-0.15, -0.1) is 0 Å². The van der Waals surface area contributed by atoms with Crippen LogP contribution in [0.4, 0.5) is 0 Å². The van der Waals surface area contributed by atoms with Crippen molar-refractivity contribution in [2.45, 2.75) is 44.6 Å². The molecule has 1 aliphatic rings. The van der Waals surface area contributed by atoms with E-state index in [-0.39, 0.29) is 6.10 Å². The van der Waals surface area contributed by atoms with Crippen molar-refractivity contribution in [2.75, 3.05) is 0 Å². The number of nitrogens with zero attached hydrogens (tertiary/aromatic N) is 2. The molecule has 1 N–H and O–H groups in total. The van der Waals surface area contributed by atoms with E-state index >= 15 is 0 Å². The maximum Gasteiger partial charge on any atom is 0.0994 e. The molecule has 5 heteroatoms. The minimum Gasteiger partial charge on any atom is -0.392 e. The van der Waals surface area contributed by atoms with Crippen LogP contribution in [-0.4, -0.2) is 20.6 Å². The summed E-state index contributed by atoms with van der Waals surface area (Å²) in [5, 5.41) is 11.5. The summed E-state index contributed by atoms with van der Waals surface area (Å²) in [6, 6.07) is 1.80. The van der Waals surface area contributed by atoms with Crippen LogP contribution in [0.5, 0.6) is 0 Å². The zero-order valence-corrected chi connectivity index (χ0v) is 12.7. The number of imidazole rings is 1. The lowest BCUT2D eigenvalue weighted by Gasteiger charge is -2.27. The van der Waals surface area contributed by atoms with Crippen molar-refractivity contribution < 1.29 is 5.11 Å². The molecule has 0 unspecified atom stereocenters. The first-order valence-electron chi connectivity index (χ1n) is 7.14. The van der Waals surface area contributed by atoms with Gasteiger partial charge < -0.3 is 9.51 Å². The van der Waals surface area contributed by atoms with Gasteiger partial charge in [0.05, 0.1) is 34.2 Å². The first-order chi connectivity index (χ1) is 9.66. The van der Waals surface area contributed by atoms with Crippen molar-refractivity contribution in [3.8, 4) is 0 Å². The zero-order chi connectivity index (χ0) is 14.1. The first-order valence-corrected chi connectivity index (χ1v) is 7.89. The van der Waals surface area contributed by atoms with Gasteiger partial charge in [-0.3, -0.25) is 0 Å². The molecule has 0 spiro atoms. The topological polar surface area (TPSA) is 37.5 Å². The highest BCUT2D eigenvalue weighted by Gasteiger charge is 2.24. The van der Waals surface area contributed by atoms with E-state index in [2.05, 4.69) is 4.98 Å². The van der Waals surface area contributed by atoms with Gasteiger partial charge >= 0.3 is 0 Å². The molecule has 108 valence electrons. The standard InChI is InChI=1S/C15H18Cl2N2O/c16-12-6-11-8-18-9-19(11)13(15(12)17)7-14(20)10-4-2-1-3-5-10/h6,8-10,14,20H,1-5,7H2/t14-/m0/s1. The van der Waals surface area contributed by atoms with Crippen molar-refractivity contribution in [3.05, 3.63) is 34.3 Å². The third-order valence-electron chi connectivity index (χ3n) is 4.29. The van der Waals surface area contributed by atoms with E-state index in [0.717, 1.165) is 24.1 Å². The average Bonchev–Trinajstić information content (AvgIpc) is 2.92. The molecule has 1 aliphatic carbocycles. The maximum absolute atomic E-state index is 10.5. The summed E-state index contributed by atoms with van der Waals surface area (Å²) in [4.78, 5) is 4.13. The van der Waals surface area contributed by atoms with Crippen LogP contribution in [0.1, 0.15) is 37.8 Å². The van der Waals surface area contributed by atoms with Crippen LogP contribution in [0, 0.1) is 5.92 Å². The van der Waals surface area contributed by atoms with Crippen molar-refractivity contribution in [2.24, 2.45) is 5.92 Å². The number of aliphatic hydroxyl groups excluding tert-OH is 1. The monoisotopic (exact) mass is 312 g/mol. The van der Waals surface area contributed by atoms with Crippen molar-refractivity contribution in [1.29, 1.82) is 0 Å². The number of aliphatic hydroxyl groups is 1. The zero-order valence-electron chi connectivity index (χ0n) is 11.2. The quantitative estimate of drug-likeness (QED) is 0.925. The Morgan fingerprint density at radius 3 is 2.80 bits per heavy atom. The second kappa shape index (κ2) is 5.92. The van der Waals surface area contributed by atoms with Crippen LogP contribution in [0.15, 0.2) is 18.6 Å². The van der Waals surface area contributed by atoms with Gasteiger partial charge in [-0.05, 0) is 24.8 Å². The molecule has 3 nitrogen and oxygen atoms in total. The Morgan fingerprint density at radius 1 is 1.30 bits per heavy atom. The fourth-order valence-electron chi connectivity index (χ4n) is 3.15. The Morgan fingerprint density at radius 2 is 2.05 bits per heavy atom. The Labute approximate surface area is 128 Å². The Hall–Kier alpha value is -0.770. The lowest BCUT2D eigenvalue weighted by molar-refractivity contribution is 0.0840. The van der Waals surface area contributed by atoms with E-state index in [4.69, 9.17) is 23.2 Å². The highest BCUT2D eigenvalue weighted by atomic mass is 35.5. The Bertz CT molecular complexity index is 605. The molecule has 0 bridgehead atoms. The highest BCUT2D eigenvalue weighted by Crippen LogP contribution is 2.32. The lowest BCUT2D eigenvalue weighted by atomic mass is 9.84. The fourth-order valence-corrected chi connectivity index (χ4v) is 3.59. The van der Waals surface area contributed by atoms with Crippen molar-refractivity contribution in [3.63, 3.8) is 0 Å². The lowest BCUT2D eigenvalue weighted by Crippen LogP contribution is -2.26. The molecule has 1 fully saturated rings. The van der Waals surface area contributed by atoms with Gasteiger partial charge in [0.15, 0.2) is 0 Å². The summed E-state index contributed by atoms with van der Waals surface area (Å²) >= 11 is 12.5. The molecule has 2 aromatic rings. The smallest absolute Gasteiger partial charge is 0.0994 e. The van der Waals surface area contributed by atoms with Gasteiger partial charge in [0, 0.05) is 12.1 Å². The molecule has 0 radical (unpaired) electrons. The largest absolute Gasteiger partial charge is 0.392 e. The number of rotatable bonds is 3. The minimum absolute atomic E-state index is 0.364. The number of pyridine rings is 1. The third kappa shape index (κ3) is 2.67. The Balaban J connectivity index is 1.89. The number of hydrogen-bond acceptors (Lipinski definition) is 2.